The second kappa shape index (κ2) is 10.8. The number of hydrogen-bond acceptors (Lipinski definition) is 4. The van der Waals surface area contributed by atoms with Crippen LogP contribution in [0.5, 0.6) is 0 Å². The number of amides is 3. The first kappa shape index (κ1) is 27.6. The molecule has 204 valence electrons. The number of ether oxygens (including phenoxy) is 1. The van der Waals surface area contributed by atoms with E-state index in [4.69, 9.17) is 4.74 Å². The average molecular weight is 532 g/mol. The number of alkyl halides is 3. The van der Waals surface area contributed by atoms with Gasteiger partial charge in [-0.25, -0.2) is 0 Å². The van der Waals surface area contributed by atoms with E-state index in [0.717, 1.165) is 17.7 Å². The van der Waals surface area contributed by atoms with Crippen molar-refractivity contribution in [1.82, 2.24) is 15.1 Å². The summed E-state index contributed by atoms with van der Waals surface area (Å²) in [4.78, 5) is 42.8. The van der Waals surface area contributed by atoms with Gasteiger partial charge in [0.15, 0.2) is 0 Å². The highest BCUT2D eigenvalue weighted by Gasteiger charge is 2.54. The number of likely N-dealkylation sites (tertiary alicyclic amines) is 1. The Bertz CT molecular complexity index is 1190. The van der Waals surface area contributed by atoms with E-state index >= 15 is 0 Å². The van der Waals surface area contributed by atoms with E-state index in [0.29, 0.717) is 37.1 Å². The second-order valence-electron chi connectivity index (χ2n) is 10.2. The zero-order chi connectivity index (χ0) is 27.7. The van der Waals surface area contributed by atoms with Crippen molar-refractivity contribution in [2.24, 2.45) is 5.92 Å². The van der Waals surface area contributed by atoms with Crippen molar-refractivity contribution in [3.05, 3.63) is 70.8 Å². The third-order valence-electron chi connectivity index (χ3n) is 7.15. The van der Waals surface area contributed by atoms with Gasteiger partial charge in [0.25, 0.3) is 5.91 Å². The summed E-state index contributed by atoms with van der Waals surface area (Å²) in [6, 6.07) is 10.8. The van der Waals surface area contributed by atoms with Crippen LogP contribution in [0.4, 0.5) is 13.2 Å². The van der Waals surface area contributed by atoms with Crippen LogP contribution >= 0.6 is 0 Å². The van der Waals surface area contributed by atoms with Gasteiger partial charge in [0, 0.05) is 44.0 Å². The Morgan fingerprint density at radius 1 is 1.08 bits per heavy atom. The maximum Gasteiger partial charge on any atom is 0.416 e. The smallest absolute Gasteiger partial charge is 0.353 e. The summed E-state index contributed by atoms with van der Waals surface area (Å²) in [5.74, 6) is -1.02. The zero-order valence-corrected chi connectivity index (χ0v) is 21.7. The van der Waals surface area contributed by atoms with Gasteiger partial charge in [0.2, 0.25) is 11.8 Å². The van der Waals surface area contributed by atoms with Crippen molar-refractivity contribution < 1.29 is 32.3 Å². The minimum atomic E-state index is -4.49. The first-order valence-corrected chi connectivity index (χ1v) is 12.7. The molecule has 10 heteroatoms. The third kappa shape index (κ3) is 5.70. The van der Waals surface area contributed by atoms with Crippen LogP contribution in [-0.2, 0) is 27.0 Å². The van der Waals surface area contributed by atoms with E-state index < -0.39 is 29.4 Å². The normalized spacial score (nSPS) is 19.2. The number of rotatable bonds is 5. The standard InChI is InChI=1S/C28H32F3N3O4/c1-18(2)25(36)33-13-11-27(12-14-33)34(26(37)21-9-7-19(3)8-10-21)23(17-38-27)24(35)32-16-20-5-4-6-22(15-20)28(29,30)31/h4-10,15,18,23H,11-14,16-17H2,1-3H3,(H,32,35)/t23-/m0/s1. The van der Waals surface area contributed by atoms with Crippen LogP contribution in [0.2, 0.25) is 0 Å². The molecule has 0 bridgehead atoms. The fourth-order valence-corrected chi connectivity index (χ4v) is 5.01. The van der Waals surface area contributed by atoms with Crippen molar-refractivity contribution in [1.29, 1.82) is 0 Å². The first-order chi connectivity index (χ1) is 17.9. The van der Waals surface area contributed by atoms with Crippen LogP contribution in [0.25, 0.3) is 0 Å². The van der Waals surface area contributed by atoms with Crippen molar-refractivity contribution in [2.75, 3.05) is 19.7 Å². The summed E-state index contributed by atoms with van der Waals surface area (Å²) in [5.41, 5.74) is -0.194. The van der Waals surface area contributed by atoms with Gasteiger partial charge in [-0.2, -0.15) is 13.2 Å². The van der Waals surface area contributed by atoms with Gasteiger partial charge in [-0.1, -0.05) is 43.7 Å². The highest BCUT2D eigenvalue weighted by Crippen LogP contribution is 2.39. The first-order valence-electron chi connectivity index (χ1n) is 12.7. The molecule has 38 heavy (non-hydrogen) atoms. The van der Waals surface area contributed by atoms with Crippen molar-refractivity contribution >= 4 is 17.7 Å². The lowest BCUT2D eigenvalue weighted by Gasteiger charge is -2.44. The molecule has 1 spiro atoms. The van der Waals surface area contributed by atoms with E-state index in [1.807, 2.05) is 32.9 Å². The largest absolute Gasteiger partial charge is 0.416 e. The number of hydrogen-bond donors (Lipinski definition) is 1. The lowest BCUT2D eigenvalue weighted by atomic mass is 9.95. The molecule has 0 radical (unpaired) electrons. The van der Waals surface area contributed by atoms with Crippen LogP contribution in [0.3, 0.4) is 0 Å². The van der Waals surface area contributed by atoms with Crippen LogP contribution in [-0.4, -0.2) is 59.0 Å². The molecule has 2 saturated heterocycles. The topological polar surface area (TPSA) is 79.0 Å². The monoisotopic (exact) mass is 531 g/mol. The summed E-state index contributed by atoms with van der Waals surface area (Å²) in [7, 11) is 0. The highest BCUT2D eigenvalue weighted by atomic mass is 19.4. The van der Waals surface area contributed by atoms with Gasteiger partial charge < -0.3 is 15.0 Å². The van der Waals surface area contributed by atoms with E-state index in [9.17, 15) is 27.6 Å². The maximum atomic E-state index is 13.8. The zero-order valence-electron chi connectivity index (χ0n) is 21.7. The number of piperidine rings is 1. The predicted molar refractivity (Wildman–Crippen MR) is 134 cm³/mol. The Kier molecular flexibility index (Phi) is 7.83. The van der Waals surface area contributed by atoms with E-state index in [-0.39, 0.29) is 30.9 Å². The van der Waals surface area contributed by atoms with Gasteiger partial charge in [-0.15, -0.1) is 0 Å². The number of carbonyl (C=O) groups excluding carboxylic acids is 3. The highest BCUT2D eigenvalue weighted by molar-refractivity contribution is 5.98. The van der Waals surface area contributed by atoms with Gasteiger partial charge >= 0.3 is 6.18 Å². The maximum absolute atomic E-state index is 13.8. The van der Waals surface area contributed by atoms with Crippen molar-refractivity contribution in [2.45, 2.75) is 58.1 Å². The molecule has 1 atom stereocenters. The van der Waals surface area contributed by atoms with E-state index in [1.165, 1.54) is 17.0 Å². The van der Waals surface area contributed by atoms with Gasteiger partial charge in [0.05, 0.1) is 12.2 Å². The summed E-state index contributed by atoms with van der Waals surface area (Å²) in [6.45, 7) is 6.15. The molecular weight excluding hydrogens is 499 g/mol. The van der Waals surface area contributed by atoms with Crippen molar-refractivity contribution in [3.63, 3.8) is 0 Å². The van der Waals surface area contributed by atoms with Crippen molar-refractivity contribution in [3.8, 4) is 0 Å². The van der Waals surface area contributed by atoms with E-state index in [1.54, 1.807) is 17.0 Å². The van der Waals surface area contributed by atoms with Gasteiger partial charge in [-0.05, 0) is 36.8 Å². The second-order valence-corrected chi connectivity index (χ2v) is 10.2. The molecule has 0 aromatic heterocycles. The Hall–Kier alpha value is -3.40. The molecular formula is C28H32F3N3O4. The van der Waals surface area contributed by atoms with Crippen LogP contribution in [0, 0.1) is 12.8 Å². The number of nitrogens with one attached hydrogen (secondary N) is 1. The quantitative estimate of drug-likeness (QED) is 0.629. The molecule has 4 rings (SSSR count). The summed E-state index contributed by atoms with van der Waals surface area (Å²) in [5, 5.41) is 2.68. The molecule has 2 heterocycles. The SMILES string of the molecule is Cc1ccc(C(=O)N2[C@H](C(=O)NCc3cccc(C(F)(F)F)c3)COC23CCN(C(=O)C(C)C)CC3)cc1. The Labute approximate surface area is 219 Å². The lowest BCUT2D eigenvalue weighted by molar-refractivity contribution is -0.146. The molecule has 2 aliphatic heterocycles. The van der Waals surface area contributed by atoms with Gasteiger partial charge in [0.1, 0.15) is 11.8 Å². The summed E-state index contributed by atoms with van der Waals surface area (Å²) < 4.78 is 45.4. The molecule has 0 unspecified atom stereocenters. The molecule has 2 aromatic rings. The molecule has 2 aromatic carbocycles. The Morgan fingerprint density at radius 3 is 2.34 bits per heavy atom. The third-order valence-corrected chi connectivity index (χ3v) is 7.15. The number of halogens is 3. The molecule has 3 amide bonds. The molecule has 2 aliphatic rings. The minimum absolute atomic E-state index is 0.0182. The number of aryl methyl sites for hydroxylation is 1. The molecule has 0 aliphatic carbocycles. The molecule has 7 nitrogen and oxygen atoms in total. The Morgan fingerprint density at radius 2 is 1.74 bits per heavy atom. The number of benzene rings is 2. The fourth-order valence-electron chi connectivity index (χ4n) is 5.01. The molecule has 0 saturated carbocycles. The lowest BCUT2D eigenvalue weighted by Crippen LogP contribution is -2.60. The summed E-state index contributed by atoms with van der Waals surface area (Å²) >= 11 is 0. The van der Waals surface area contributed by atoms with Gasteiger partial charge in [-0.3, -0.25) is 19.3 Å². The number of carbonyl (C=O) groups is 3. The van der Waals surface area contributed by atoms with Crippen LogP contribution in [0.1, 0.15) is 53.7 Å². The minimum Gasteiger partial charge on any atom is -0.353 e. The summed E-state index contributed by atoms with van der Waals surface area (Å²) in [6.07, 6.45) is -3.80. The predicted octanol–water partition coefficient (Wildman–Crippen LogP) is 4.15. The number of nitrogens with zero attached hydrogens (tertiary/aromatic N) is 2. The van der Waals surface area contributed by atoms with Crippen LogP contribution < -0.4 is 5.32 Å². The molecule has 1 N–H and O–H groups in total. The fraction of sp³-hybridized carbons (Fsp3) is 0.464. The van der Waals surface area contributed by atoms with E-state index in [2.05, 4.69) is 5.32 Å². The van der Waals surface area contributed by atoms with Crippen LogP contribution in [0.15, 0.2) is 48.5 Å². The average Bonchev–Trinajstić information content (AvgIpc) is 3.25. The Balaban J connectivity index is 1.55. The molecule has 2 fully saturated rings.